The number of hydrogen-bond donors (Lipinski definition) is 0. The predicted octanol–water partition coefficient (Wildman–Crippen LogP) is 1.58. The van der Waals surface area contributed by atoms with Crippen molar-refractivity contribution in [1.29, 1.82) is 0 Å². The van der Waals surface area contributed by atoms with Crippen molar-refractivity contribution in [2.75, 3.05) is 40.5 Å². The van der Waals surface area contributed by atoms with Gasteiger partial charge < -0.3 is 18.8 Å². The van der Waals surface area contributed by atoms with Gasteiger partial charge in [-0.1, -0.05) is 6.92 Å². The summed E-state index contributed by atoms with van der Waals surface area (Å²) in [6, 6.07) is 3.55. The lowest BCUT2D eigenvalue weighted by atomic mass is 10.3. The summed E-state index contributed by atoms with van der Waals surface area (Å²) in [5.74, 6) is 1.07. The maximum atomic E-state index is 12.2. The van der Waals surface area contributed by atoms with Crippen molar-refractivity contribution in [3.8, 4) is 0 Å². The highest BCUT2D eigenvalue weighted by molar-refractivity contribution is 5.91. The number of aryl methyl sites for hydroxylation is 1. The molecule has 5 heteroatoms. The minimum absolute atomic E-state index is 0.121. The highest BCUT2D eigenvalue weighted by Crippen LogP contribution is 2.11. The van der Waals surface area contributed by atoms with Crippen molar-refractivity contribution in [1.82, 2.24) is 4.90 Å². The molecule has 0 spiro atoms. The van der Waals surface area contributed by atoms with Crippen LogP contribution >= 0.6 is 0 Å². The van der Waals surface area contributed by atoms with E-state index in [1.807, 2.05) is 13.0 Å². The summed E-state index contributed by atoms with van der Waals surface area (Å²) in [5.41, 5.74) is 0. The van der Waals surface area contributed by atoms with Crippen molar-refractivity contribution in [3.05, 3.63) is 23.7 Å². The van der Waals surface area contributed by atoms with Crippen molar-refractivity contribution in [2.24, 2.45) is 0 Å². The van der Waals surface area contributed by atoms with Crippen LogP contribution in [0, 0.1) is 0 Å². The van der Waals surface area contributed by atoms with Gasteiger partial charge in [0.1, 0.15) is 5.76 Å². The largest absolute Gasteiger partial charge is 0.456 e. The van der Waals surface area contributed by atoms with Gasteiger partial charge in [-0.25, -0.2) is 0 Å². The number of carbonyl (C=O) groups is 1. The Morgan fingerprint density at radius 3 is 2.28 bits per heavy atom. The molecule has 18 heavy (non-hydrogen) atoms. The van der Waals surface area contributed by atoms with Gasteiger partial charge in [-0.2, -0.15) is 0 Å². The number of amides is 1. The van der Waals surface area contributed by atoms with E-state index in [2.05, 4.69) is 0 Å². The van der Waals surface area contributed by atoms with Gasteiger partial charge in [0, 0.05) is 33.7 Å². The first-order valence-corrected chi connectivity index (χ1v) is 6.08. The molecule has 0 saturated carbocycles. The Kier molecular flexibility index (Phi) is 6.46. The van der Waals surface area contributed by atoms with Crippen LogP contribution in [0.3, 0.4) is 0 Å². The molecule has 1 aromatic heterocycles. The normalized spacial score (nSPS) is 10.6. The van der Waals surface area contributed by atoms with E-state index in [0.29, 0.717) is 32.1 Å². The van der Waals surface area contributed by atoms with Crippen molar-refractivity contribution < 1.29 is 18.7 Å². The minimum Gasteiger partial charge on any atom is -0.456 e. The third-order valence-corrected chi connectivity index (χ3v) is 2.64. The number of nitrogens with zero attached hydrogens (tertiary/aromatic N) is 1. The molecule has 0 aliphatic carbocycles. The fraction of sp³-hybridized carbons (Fsp3) is 0.615. The Hall–Kier alpha value is -1.33. The zero-order chi connectivity index (χ0) is 13.4. The van der Waals surface area contributed by atoms with Gasteiger partial charge >= 0.3 is 0 Å². The lowest BCUT2D eigenvalue weighted by Crippen LogP contribution is -2.36. The summed E-state index contributed by atoms with van der Waals surface area (Å²) in [6.45, 7) is 4.04. The Morgan fingerprint density at radius 1 is 1.22 bits per heavy atom. The topological polar surface area (TPSA) is 51.9 Å². The highest BCUT2D eigenvalue weighted by atomic mass is 16.5. The molecule has 0 aromatic carbocycles. The molecule has 0 N–H and O–H groups in total. The molecule has 1 amide bonds. The van der Waals surface area contributed by atoms with Crippen LogP contribution in [0.4, 0.5) is 0 Å². The standard InChI is InChI=1S/C13H21NO4/c1-4-11-5-6-12(18-11)13(15)14(7-9-16-2)8-10-17-3/h5-6H,4,7-10H2,1-3H3. The quantitative estimate of drug-likeness (QED) is 0.707. The smallest absolute Gasteiger partial charge is 0.289 e. The molecule has 5 nitrogen and oxygen atoms in total. The molecule has 1 rings (SSSR count). The van der Waals surface area contributed by atoms with E-state index in [1.54, 1.807) is 25.2 Å². The first kappa shape index (κ1) is 14.7. The second kappa shape index (κ2) is 7.89. The van der Waals surface area contributed by atoms with E-state index in [1.165, 1.54) is 0 Å². The van der Waals surface area contributed by atoms with Crippen LogP contribution in [0.1, 0.15) is 23.2 Å². The maximum Gasteiger partial charge on any atom is 0.289 e. The van der Waals surface area contributed by atoms with Crippen LogP contribution in [0.15, 0.2) is 16.5 Å². The minimum atomic E-state index is -0.121. The number of hydrogen-bond acceptors (Lipinski definition) is 4. The number of methoxy groups -OCH3 is 2. The van der Waals surface area contributed by atoms with Gasteiger partial charge in [-0.3, -0.25) is 4.79 Å². The summed E-state index contributed by atoms with van der Waals surface area (Å²) in [5, 5.41) is 0. The molecule has 0 fully saturated rings. The fourth-order valence-electron chi connectivity index (χ4n) is 1.56. The third-order valence-electron chi connectivity index (χ3n) is 2.64. The molecule has 0 aliphatic rings. The number of furan rings is 1. The van der Waals surface area contributed by atoms with Crippen LogP contribution in [0.5, 0.6) is 0 Å². The summed E-state index contributed by atoms with van der Waals surface area (Å²) < 4.78 is 15.5. The van der Waals surface area contributed by atoms with Crippen LogP contribution in [0.25, 0.3) is 0 Å². The first-order valence-electron chi connectivity index (χ1n) is 6.08. The van der Waals surface area contributed by atoms with E-state index < -0.39 is 0 Å². The average molecular weight is 255 g/mol. The third kappa shape index (κ3) is 4.16. The van der Waals surface area contributed by atoms with E-state index in [0.717, 1.165) is 12.2 Å². The summed E-state index contributed by atoms with van der Waals surface area (Å²) in [6.07, 6.45) is 0.781. The van der Waals surface area contributed by atoms with Crippen LogP contribution < -0.4 is 0 Å². The lowest BCUT2D eigenvalue weighted by molar-refractivity contribution is 0.0596. The second-order valence-electron chi connectivity index (χ2n) is 3.90. The molecule has 0 radical (unpaired) electrons. The Bertz CT molecular complexity index is 354. The molecule has 0 saturated heterocycles. The van der Waals surface area contributed by atoms with Crippen molar-refractivity contribution >= 4 is 5.91 Å². The monoisotopic (exact) mass is 255 g/mol. The Morgan fingerprint density at radius 2 is 1.83 bits per heavy atom. The predicted molar refractivity (Wildman–Crippen MR) is 67.7 cm³/mol. The molecule has 0 unspecified atom stereocenters. The SMILES string of the molecule is CCc1ccc(C(=O)N(CCOC)CCOC)o1. The van der Waals surface area contributed by atoms with Crippen molar-refractivity contribution in [2.45, 2.75) is 13.3 Å². The van der Waals surface area contributed by atoms with Gasteiger partial charge in [0.05, 0.1) is 13.2 Å². The van der Waals surface area contributed by atoms with Crippen LogP contribution in [-0.2, 0) is 15.9 Å². The molecule has 1 heterocycles. The number of rotatable bonds is 8. The van der Waals surface area contributed by atoms with E-state index >= 15 is 0 Å². The highest BCUT2D eigenvalue weighted by Gasteiger charge is 2.18. The molecular weight excluding hydrogens is 234 g/mol. The molecular formula is C13H21NO4. The summed E-state index contributed by atoms with van der Waals surface area (Å²) in [7, 11) is 3.22. The molecule has 1 aromatic rings. The molecule has 0 atom stereocenters. The van der Waals surface area contributed by atoms with Crippen LogP contribution in [0.2, 0.25) is 0 Å². The molecule has 0 aliphatic heterocycles. The first-order chi connectivity index (χ1) is 8.72. The zero-order valence-electron chi connectivity index (χ0n) is 11.3. The lowest BCUT2D eigenvalue weighted by Gasteiger charge is -2.20. The number of carbonyl (C=O) groups excluding carboxylic acids is 1. The summed E-state index contributed by atoms with van der Waals surface area (Å²) >= 11 is 0. The van der Waals surface area contributed by atoms with E-state index in [4.69, 9.17) is 13.9 Å². The fourth-order valence-corrected chi connectivity index (χ4v) is 1.56. The Labute approximate surface area is 108 Å². The van der Waals surface area contributed by atoms with E-state index in [-0.39, 0.29) is 5.91 Å². The van der Waals surface area contributed by atoms with Gasteiger partial charge in [0.25, 0.3) is 5.91 Å². The van der Waals surface area contributed by atoms with E-state index in [9.17, 15) is 4.79 Å². The number of ether oxygens (including phenoxy) is 2. The van der Waals surface area contributed by atoms with Gasteiger partial charge in [0.2, 0.25) is 0 Å². The maximum absolute atomic E-state index is 12.2. The molecule has 102 valence electrons. The Balaban J connectivity index is 2.67. The summed E-state index contributed by atoms with van der Waals surface area (Å²) in [4.78, 5) is 13.9. The average Bonchev–Trinajstić information content (AvgIpc) is 2.87. The van der Waals surface area contributed by atoms with Crippen LogP contribution in [-0.4, -0.2) is 51.3 Å². The van der Waals surface area contributed by atoms with Gasteiger partial charge in [0.15, 0.2) is 5.76 Å². The van der Waals surface area contributed by atoms with Gasteiger partial charge in [-0.15, -0.1) is 0 Å². The van der Waals surface area contributed by atoms with Gasteiger partial charge in [-0.05, 0) is 12.1 Å². The molecule has 0 bridgehead atoms. The van der Waals surface area contributed by atoms with Crippen molar-refractivity contribution in [3.63, 3.8) is 0 Å². The zero-order valence-corrected chi connectivity index (χ0v) is 11.3. The second-order valence-corrected chi connectivity index (χ2v) is 3.90.